The third-order valence-electron chi connectivity index (χ3n) is 2.77. The molecule has 1 radical (unpaired) electrons. The number of aromatic amines is 1. The molecule has 0 unspecified atom stereocenters. The largest absolute Gasteiger partial charge is 0.326 e. The Morgan fingerprint density at radius 3 is 2.76 bits per heavy atom. The van der Waals surface area contributed by atoms with Gasteiger partial charge in [0, 0.05) is 6.07 Å². The Balaban J connectivity index is 2.12. The minimum absolute atomic E-state index is 0.0914. The minimum Gasteiger partial charge on any atom is -0.306 e. The maximum absolute atomic E-state index is 11.8. The second-order valence-electron chi connectivity index (χ2n) is 3.93. The van der Waals surface area contributed by atoms with Crippen LogP contribution < -0.4 is 5.69 Å². The van der Waals surface area contributed by atoms with Crippen LogP contribution in [0, 0.1) is 6.07 Å². The van der Waals surface area contributed by atoms with Crippen LogP contribution in [-0.4, -0.2) is 9.55 Å². The summed E-state index contributed by atoms with van der Waals surface area (Å²) >= 11 is 0. The number of nitrogens with one attached hydrogen (secondary N) is 1. The first-order chi connectivity index (χ1) is 8.34. The quantitative estimate of drug-likeness (QED) is 0.710. The van der Waals surface area contributed by atoms with Crippen LogP contribution >= 0.6 is 0 Å². The van der Waals surface area contributed by atoms with Crippen LogP contribution in [0.3, 0.4) is 0 Å². The van der Waals surface area contributed by atoms with Gasteiger partial charge >= 0.3 is 5.69 Å². The first-order valence-corrected chi connectivity index (χ1v) is 5.48. The van der Waals surface area contributed by atoms with Gasteiger partial charge in [-0.05, 0) is 11.6 Å². The number of rotatable bonds is 2. The summed E-state index contributed by atoms with van der Waals surface area (Å²) in [4.78, 5) is 14.7. The molecule has 17 heavy (non-hydrogen) atoms. The molecule has 83 valence electrons. The highest BCUT2D eigenvalue weighted by Gasteiger charge is 2.05. The summed E-state index contributed by atoms with van der Waals surface area (Å²) in [5.41, 5.74) is 2.66. The second-order valence-corrected chi connectivity index (χ2v) is 3.93. The van der Waals surface area contributed by atoms with Gasteiger partial charge in [-0.1, -0.05) is 42.5 Å². The normalized spacial score (nSPS) is 10.8. The van der Waals surface area contributed by atoms with Gasteiger partial charge in [-0.2, -0.15) is 0 Å². The van der Waals surface area contributed by atoms with Crippen LogP contribution in [0.15, 0.2) is 53.3 Å². The van der Waals surface area contributed by atoms with Crippen molar-refractivity contribution in [2.75, 3.05) is 0 Å². The van der Waals surface area contributed by atoms with E-state index in [0.29, 0.717) is 6.54 Å². The van der Waals surface area contributed by atoms with Crippen molar-refractivity contribution < 1.29 is 0 Å². The zero-order valence-corrected chi connectivity index (χ0v) is 9.18. The Bertz CT molecular complexity index is 695. The summed E-state index contributed by atoms with van der Waals surface area (Å²) in [6, 6.07) is 18.6. The SMILES string of the molecule is O=c1[nH]c2ccc[c]c2n1Cc1ccccc1. The van der Waals surface area contributed by atoms with E-state index >= 15 is 0 Å². The Labute approximate surface area is 98.3 Å². The van der Waals surface area contributed by atoms with Crippen molar-refractivity contribution in [1.29, 1.82) is 0 Å². The third-order valence-corrected chi connectivity index (χ3v) is 2.77. The Morgan fingerprint density at radius 1 is 1.12 bits per heavy atom. The van der Waals surface area contributed by atoms with Crippen molar-refractivity contribution in [2.24, 2.45) is 0 Å². The van der Waals surface area contributed by atoms with Gasteiger partial charge in [0.05, 0.1) is 17.6 Å². The first-order valence-electron chi connectivity index (χ1n) is 5.48. The fourth-order valence-electron chi connectivity index (χ4n) is 1.95. The predicted octanol–water partition coefficient (Wildman–Crippen LogP) is 2.18. The molecular formula is C14H11N2O. The van der Waals surface area contributed by atoms with Gasteiger partial charge in [0.15, 0.2) is 0 Å². The summed E-state index contributed by atoms with van der Waals surface area (Å²) in [7, 11) is 0. The number of para-hydroxylation sites is 1. The number of nitrogens with zero attached hydrogens (tertiary/aromatic N) is 1. The summed E-state index contributed by atoms with van der Waals surface area (Å²) in [5, 5.41) is 0. The van der Waals surface area contributed by atoms with E-state index in [1.54, 1.807) is 4.57 Å². The highest BCUT2D eigenvalue weighted by Crippen LogP contribution is 2.10. The second kappa shape index (κ2) is 3.94. The molecule has 3 heteroatoms. The van der Waals surface area contributed by atoms with E-state index in [9.17, 15) is 4.79 Å². The number of hydrogen-bond donors (Lipinski definition) is 1. The minimum atomic E-state index is -0.0914. The first kappa shape index (κ1) is 9.90. The number of H-pyrrole nitrogens is 1. The summed E-state index contributed by atoms with van der Waals surface area (Å²) < 4.78 is 1.70. The molecule has 1 aromatic heterocycles. The third kappa shape index (κ3) is 1.76. The van der Waals surface area contributed by atoms with Crippen molar-refractivity contribution in [3.05, 3.63) is 70.6 Å². The molecule has 2 aromatic carbocycles. The Hall–Kier alpha value is -2.29. The van der Waals surface area contributed by atoms with Crippen molar-refractivity contribution in [2.45, 2.75) is 6.54 Å². The van der Waals surface area contributed by atoms with Gasteiger partial charge < -0.3 is 4.98 Å². The average Bonchev–Trinajstić information content (AvgIpc) is 2.68. The molecule has 3 aromatic rings. The van der Waals surface area contributed by atoms with E-state index < -0.39 is 0 Å². The average molecular weight is 223 g/mol. The van der Waals surface area contributed by atoms with Crippen molar-refractivity contribution in [3.8, 4) is 0 Å². The van der Waals surface area contributed by atoms with Crippen molar-refractivity contribution >= 4 is 11.0 Å². The predicted molar refractivity (Wildman–Crippen MR) is 66.9 cm³/mol. The molecule has 0 spiro atoms. The lowest BCUT2D eigenvalue weighted by atomic mass is 10.2. The topological polar surface area (TPSA) is 37.8 Å². The van der Waals surface area contributed by atoms with Crippen molar-refractivity contribution in [1.82, 2.24) is 9.55 Å². The lowest BCUT2D eigenvalue weighted by Gasteiger charge is -2.02. The van der Waals surface area contributed by atoms with Gasteiger partial charge in [0.25, 0.3) is 0 Å². The summed E-state index contributed by atoms with van der Waals surface area (Å²) in [6.45, 7) is 0.570. The van der Waals surface area contributed by atoms with Crippen LogP contribution in [0.4, 0.5) is 0 Å². The Morgan fingerprint density at radius 2 is 1.94 bits per heavy atom. The standard InChI is InChI=1S/C14H11N2O/c17-14-15-12-8-4-5-9-13(12)16(14)10-11-6-2-1-3-7-11/h1-8H,10H2,(H,15,17). The van der Waals surface area contributed by atoms with Gasteiger partial charge in [-0.15, -0.1) is 0 Å². The maximum atomic E-state index is 11.8. The van der Waals surface area contributed by atoms with Crippen LogP contribution in [0.5, 0.6) is 0 Å². The van der Waals surface area contributed by atoms with Crippen LogP contribution in [0.25, 0.3) is 11.0 Å². The van der Waals surface area contributed by atoms with E-state index in [1.807, 2.05) is 48.5 Å². The van der Waals surface area contributed by atoms with Gasteiger partial charge in [-0.25, -0.2) is 4.79 Å². The molecule has 0 saturated carbocycles. The molecule has 3 rings (SSSR count). The molecule has 3 nitrogen and oxygen atoms in total. The molecule has 0 aliphatic carbocycles. The summed E-state index contributed by atoms with van der Waals surface area (Å²) in [5.74, 6) is 0. The lowest BCUT2D eigenvalue weighted by molar-refractivity contribution is 0.786. The number of imidazole rings is 1. The van der Waals surface area contributed by atoms with Crippen LogP contribution in [0.2, 0.25) is 0 Å². The molecule has 0 atom stereocenters. The highest BCUT2D eigenvalue weighted by atomic mass is 16.1. The lowest BCUT2D eigenvalue weighted by Crippen LogP contribution is -2.17. The number of hydrogen-bond acceptors (Lipinski definition) is 1. The van der Waals surface area contributed by atoms with Gasteiger partial charge in [-0.3, -0.25) is 4.57 Å². The summed E-state index contributed by atoms with van der Waals surface area (Å²) in [6.07, 6.45) is 0. The molecular weight excluding hydrogens is 212 g/mol. The Kier molecular flexibility index (Phi) is 2.29. The molecule has 0 aliphatic heterocycles. The fraction of sp³-hybridized carbons (Fsp3) is 0.0714. The molecule has 1 N–H and O–H groups in total. The van der Waals surface area contributed by atoms with Crippen molar-refractivity contribution in [3.63, 3.8) is 0 Å². The van der Waals surface area contributed by atoms with Gasteiger partial charge in [0.1, 0.15) is 0 Å². The monoisotopic (exact) mass is 223 g/mol. The smallest absolute Gasteiger partial charge is 0.306 e. The molecule has 0 saturated heterocycles. The van der Waals surface area contributed by atoms with E-state index in [-0.39, 0.29) is 5.69 Å². The zero-order chi connectivity index (χ0) is 11.7. The van der Waals surface area contributed by atoms with E-state index in [4.69, 9.17) is 0 Å². The van der Waals surface area contributed by atoms with Gasteiger partial charge in [0.2, 0.25) is 0 Å². The number of fused-ring (bicyclic) bond motifs is 1. The van der Waals surface area contributed by atoms with E-state index in [2.05, 4.69) is 11.1 Å². The molecule has 0 bridgehead atoms. The molecule has 0 fully saturated rings. The fourth-order valence-corrected chi connectivity index (χ4v) is 1.95. The van der Waals surface area contributed by atoms with E-state index in [0.717, 1.165) is 16.6 Å². The van der Waals surface area contributed by atoms with Crippen LogP contribution in [0.1, 0.15) is 5.56 Å². The van der Waals surface area contributed by atoms with E-state index in [1.165, 1.54) is 0 Å². The molecule has 0 amide bonds. The molecule has 0 aliphatic rings. The number of benzene rings is 2. The number of aromatic nitrogens is 2. The maximum Gasteiger partial charge on any atom is 0.326 e. The van der Waals surface area contributed by atoms with Crippen LogP contribution in [-0.2, 0) is 6.54 Å². The zero-order valence-electron chi connectivity index (χ0n) is 9.18. The highest BCUT2D eigenvalue weighted by molar-refractivity contribution is 5.74. The molecule has 1 heterocycles.